The van der Waals surface area contributed by atoms with E-state index in [1.54, 1.807) is 0 Å². The molecule has 2 aromatic heterocycles. The minimum absolute atomic E-state index is 0.0567. The summed E-state index contributed by atoms with van der Waals surface area (Å²) >= 11 is 7.30. The lowest BCUT2D eigenvalue weighted by atomic mass is 9.83. The van der Waals surface area contributed by atoms with Gasteiger partial charge in [-0.15, -0.1) is 0 Å². The minimum Gasteiger partial charge on any atom is -0.423 e. The van der Waals surface area contributed by atoms with Gasteiger partial charge in [0, 0.05) is 22.6 Å². The fraction of sp³-hybridized carbons (Fsp3) is 0. The second kappa shape index (κ2) is 4.28. The molecule has 2 aromatic rings. The Morgan fingerprint density at radius 2 is 2.20 bits per heavy atom. The van der Waals surface area contributed by atoms with Crippen molar-refractivity contribution in [1.29, 1.82) is 0 Å². The molecule has 0 spiro atoms. The van der Waals surface area contributed by atoms with Gasteiger partial charge in [0.25, 0.3) is 0 Å². The fourth-order valence-corrected chi connectivity index (χ4v) is 1.94. The normalized spacial score (nSPS) is 10.3. The molecule has 0 unspecified atom stereocenters. The Morgan fingerprint density at radius 3 is 2.73 bits per heavy atom. The quantitative estimate of drug-likeness (QED) is 0.594. The molecule has 4 nitrogen and oxygen atoms in total. The molecule has 2 rings (SSSR count). The Bertz CT molecular complexity index is 464. The van der Waals surface area contributed by atoms with Gasteiger partial charge in [-0.25, -0.2) is 9.97 Å². The van der Waals surface area contributed by atoms with Crippen molar-refractivity contribution >= 4 is 35.5 Å². The maximum absolute atomic E-state index is 8.92. The SMILES string of the molecule is OB(O)c1cnc(-c2ccsc2)nc1Cl. The largest absolute Gasteiger partial charge is 0.493 e. The predicted octanol–water partition coefficient (Wildman–Crippen LogP) is 0.538. The summed E-state index contributed by atoms with van der Waals surface area (Å²) in [5.74, 6) is 0.477. The summed E-state index contributed by atoms with van der Waals surface area (Å²) in [5, 5.41) is 21.7. The average Bonchev–Trinajstić information content (AvgIpc) is 2.69. The highest BCUT2D eigenvalue weighted by molar-refractivity contribution is 7.08. The molecular formula is C8H6BClN2O2S. The second-order valence-electron chi connectivity index (χ2n) is 2.83. The molecular weight excluding hydrogens is 234 g/mol. The van der Waals surface area contributed by atoms with Crippen LogP contribution in [-0.4, -0.2) is 27.1 Å². The van der Waals surface area contributed by atoms with Crippen molar-refractivity contribution < 1.29 is 10.0 Å². The maximum Gasteiger partial charge on any atom is 0.493 e. The van der Waals surface area contributed by atoms with Crippen LogP contribution in [0.25, 0.3) is 11.4 Å². The van der Waals surface area contributed by atoms with E-state index in [1.807, 2.05) is 16.8 Å². The zero-order valence-electron chi connectivity index (χ0n) is 7.46. The summed E-state index contributed by atoms with van der Waals surface area (Å²) in [7, 11) is -1.64. The van der Waals surface area contributed by atoms with Crippen LogP contribution in [0.3, 0.4) is 0 Å². The van der Waals surface area contributed by atoms with Gasteiger partial charge in [-0.1, -0.05) is 11.6 Å². The van der Waals surface area contributed by atoms with E-state index < -0.39 is 7.12 Å². The number of aromatic nitrogens is 2. The van der Waals surface area contributed by atoms with Crippen LogP contribution in [0.1, 0.15) is 0 Å². The monoisotopic (exact) mass is 240 g/mol. The Hall–Kier alpha value is -0.945. The van der Waals surface area contributed by atoms with Crippen molar-refractivity contribution in [3.63, 3.8) is 0 Å². The average molecular weight is 240 g/mol. The smallest absolute Gasteiger partial charge is 0.423 e. The molecule has 76 valence electrons. The molecule has 2 heterocycles. The summed E-state index contributed by atoms with van der Waals surface area (Å²) in [4.78, 5) is 7.97. The zero-order valence-corrected chi connectivity index (χ0v) is 9.03. The molecule has 0 radical (unpaired) electrons. The van der Waals surface area contributed by atoms with E-state index in [9.17, 15) is 0 Å². The predicted molar refractivity (Wildman–Crippen MR) is 60.2 cm³/mol. The lowest BCUT2D eigenvalue weighted by molar-refractivity contribution is 0.425. The van der Waals surface area contributed by atoms with Crippen molar-refractivity contribution in [3.8, 4) is 11.4 Å². The first-order valence-electron chi connectivity index (χ1n) is 4.09. The van der Waals surface area contributed by atoms with Gasteiger partial charge >= 0.3 is 7.12 Å². The molecule has 0 amide bonds. The van der Waals surface area contributed by atoms with E-state index >= 15 is 0 Å². The minimum atomic E-state index is -1.64. The first kappa shape index (κ1) is 10.6. The highest BCUT2D eigenvalue weighted by Crippen LogP contribution is 2.18. The highest BCUT2D eigenvalue weighted by atomic mass is 35.5. The van der Waals surface area contributed by atoms with E-state index in [-0.39, 0.29) is 10.6 Å². The van der Waals surface area contributed by atoms with Gasteiger partial charge < -0.3 is 10.0 Å². The number of rotatable bonds is 2. The van der Waals surface area contributed by atoms with E-state index in [1.165, 1.54) is 17.5 Å². The van der Waals surface area contributed by atoms with Crippen LogP contribution in [-0.2, 0) is 0 Å². The topological polar surface area (TPSA) is 66.2 Å². The van der Waals surface area contributed by atoms with Crippen molar-refractivity contribution in [2.45, 2.75) is 0 Å². The maximum atomic E-state index is 8.92. The third-order valence-electron chi connectivity index (χ3n) is 1.83. The van der Waals surface area contributed by atoms with Crippen molar-refractivity contribution in [2.75, 3.05) is 0 Å². The van der Waals surface area contributed by atoms with Crippen LogP contribution < -0.4 is 5.46 Å². The zero-order chi connectivity index (χ0) is 10.8. The van der Waals surface area contributed by atoms with Gasteiger partial charge in [0.05, 0.1) is 0 Å². The van der Waals surface area contributed by atoms with Crippen molar-refractivity contribution in [3.05, 3.63) is 28.2 Å². The molecule has 0 aromatic carbocycles. The van der Waals surface area contributed by atoms with Gasteiger partial charge in [-0.05, 0) is 11.4 Å². The van der Waals surface area contributed by atoms with E-state index in [0.717, 1.165) is 5.56 Å². The van der Waals surface area contributed by atoms with E-state index in [0.29, 0.717) is 5.82 Å². The first-order chi connectivity index (χ1) is 7.18. The molecule has 0 saturated heterocycles. The molecule has 2 N–H and O–H groups in total. The molecule has 7 heteroatoms. The Morgan fingerprint density at radius 1 is 1.40 bits per heavy atom. The lowest BCUT2D eigenvalue weighted by Crippen LogP contribution is -2.32. The number of nitrogens with zero attached hydrogens (tertiary/aromatic N) is 2. The molecule has 0 aliphatic heterocycles. The van der Waals surface area contributed by atoms with E-state index in [2.05, 4.69) is 9.97 Å². The van der Waals surface area contributed by atoms with Gasteiger partial charge in [-0.2, -0.15) is 11.3 Å². The summed E-state index contributed by atoms with van der Waals surface area (Å²) in [5.41, 5.74) is 0.969. The van der Waals surface area contributed by atoms with Crippen LogP contribution >= 0.6 is 22.9 Å². The summed E-state index contributed by atoms with van der Waals surface area (Å²) in [6, 6.07) is 1.87. The van der Waals surface area contributed by atoms with Crippen molar-refractivity contribution in [1.82, 2.24) is 9.97 Å². The Balaban J connectivity index is 2.42. The van der Waals surface area contributed by atoms with Crippen molar-refractivity contribution in [2.24, 2.45) is 0 Å². The molecule has 0 aliphatic carbocycles. The summed E-state index contributed by atoms with van der Waals surface area (Å²) in [6.07, 6.45) is 1.31. The van der Waals surface area contributed by atoms with Crippen LogP contribution in [0.4, 0.5) is 0 Å². The van der Waals surface area contributed by atoms with Crippen LogP contribution in [0.2, 0.25) is 5.15 Å². The number of thiophene rings is 1. The second-order valence-corrected chi connectivity index (χ2v) is 3.96. The highest BCUT2D eigenvalue weighted by Gasteiger charge is 2.17. The van der Waals surface area contributed by atoms with Crippen LogP contribution in [0.5, 0.6) is 0 Å². The Kier molecular flexibility index (Phi) is 3.02. The first-order valence-corrected chi connectivity index (χ1v) is 5.41. The number of halogens is 1. The number of hydrogen-bond donors (Lipinski definition) is 2. The molecule has 15 heavy (non-hydrogen) atoms. The standard InChI is InChI=1S/C8H6BClN2O2S/c10-7-6(9(13)14)3-11-8(12-7)5-1-2-15-4-5/h1-4,13-14H. The van der Waals surface area contributed by atoms with Gasteiger partial charge in [0.2, 0.25) is 0 Å². The lowest BCUT2D eigenvalue weighted by Gasteiger charge is -2.02. The van der Waals surface area contributed by atoms with E-state index in [4.69, 9.17) is 21.6 Å². The third-order valence-corrected chi connectivity index (χ3v) is 2.81. The molecule has 0 bridgehead atoms. The fourth-order valence-electron chi connectivity index (χ4n) is 1.07. The van der Waals surface area contributed by atoms with Gasteiger partial charge in [0.15, 0.2) is 5.82 Å². The molecule has 0 aliphatic rings. The molecule has 0 atom stereocenters. The van der Waals surface area contributed by atoms with Crippen LogP contribution in [0, 0.1) is 0 Å². The Labute approximate surface area is 95.4 Å². The van der Waals surface area contributed by atoms with Crippen LogP contribution in [0.15, 0.2) is 23.0 Å². The van der Waals surface area contributed by atoms with Gasteiger partial charge in [0.1, 0.15) is 5.15 Å². The number of hydrogen-bond acceptors (Lipinski definition) is 5. The molecule has 0 saturated carbocycles. The molecule has 0 fully saturated rings. The third kappa shape index (κ3) is 2.18. The summed E-state index contributed by atoms with van der Waals surface area (Å²) < 4.78 is 0. The van der Waals surface area contributed by atoms with Gasteiger partial charge in [-0.3, -0.25) is 0 Å². The summed E-state index contributed by atoms with van der Waals surface area (Å²) in [6.45, 7) is 0.